The van der Waals surface area contributed by atoms with E-state index in [0.29, 0.717) is 0 Å². The van der Waals surface area contributed by atoms with Gasteiger partial charge in [-0.15, -0.1) is 0 Å². The molecule has 0 aliphatic carbocycles. The van der Waals surface area contributed by atoms with Crippen LogP contribution in [0.5, 0.6) is 0 Å². The first-order chi connectivity index (χ1) is 8.45. The third kappa shape index (κ3) is 3.72. The molecule has 0 aromatic heterocycles. The van der Waals surface area contributed by atoms with Gasteiger partial charge < -0.3 is 9.47 Å². The Kier molecular flexibility index (Phi) is 5.12. The molecule has 1 aromatic rings. The molecule has 0 bridgehead atoms. The van der Waals surface area contributed by atoms with E-state index in [2.05, 4.69) is 9.47 Å². The van der Waals surface area contributed by atoms with E-state index in [-0.39, 0.29) is 15.6 Å². The molecule has 4 nitrogen and oxygen atoms in total. The average Bonchev–Trinajstić information content (AvgIpc) is 2.33. The normalized spacial score (nSPS) is 10.4. The van der Waals surface area contributed by atoms with Crippen LogP contribution in [0.3, 0.4) is 0 Å². The monoisotopic (exact) mass is 292 g/mol. The first-order valence-corrected chi connectivity index (χ1v) is 5.31. The van der Waals surface area contributed by atoms with Crippen LogP contribution in [0.2, 0.25) is 10.0 Å². The standard InChI is InChI=1S/C11H7Cl2FO4/c1-17-10(15)2-3-18-11(16)6-4-9(14)8(13)5-7(6)12/h2-5H,1H3/b3-2+. The summed E-state index contributed by atoms with van der Waals surface area (Å²) in [6, 6.07) is 1.93. The number of rotatable bonds is 3. The van der Waals surface area contributed by atoms with Gasteiger partial charge in [0, 0.05) is 0 Å². The van der Waals surface area contributed by atoms with Crippen molar-refractivity contribution < 1.29 is 23.5 Å². The van der Waals surface area contributed by atoms with Crippen molar-refractivity contribution in [2.75, 3.05) is 7.11 Å². The molecular weight excluding hydrogens is 286 g/mol. The molecular formula is C11H7Cl2FO4. The number of hydrogen-bond donors (Lipinski definition) is 0. The summed E-state index contributed by atoms with van der Waals surface area (Å²) in [6.07, 6.45) is 1.70. The highest BCUT2D eigenvalue weighted by molar-refractivity contribution is 6.36. The molecule has 0 unspecified atom stereocenters. The largest absolute Gasteiger partial charge is 0.466 e. The van der Waals surface area contributed by atoms with E-state index >= 15 is 0 Å². The average molecular weight is 293 g/mol. The Balaban J connectivity index is 2.82. The predicted molar refractivity (Wildman–Crippen MR) is 63.0 cm³/mol. The number of carbonyl (C=O) groups is 2. The van der Waals surface area contributed by atoms with E-state index in [9.17, 15) is 14.0 Å². The Bertz CT molecular complexity index is 514. The predicted octanol–water partition coefficient (Wildman–Crippen LogP) is 2.98. The molecule has 0 atom stereocenters. The highest BCUT2D eigenvalue weighted by Crippen LogP contribution is 2.24. The summed E-state index contributed by atoms with van der Waals surface area (Å²) >= 11 is 11.2. The van der Waals surface area contributed by atoms with Crippen LogP contribution < -0.4 is 0 Å². The summed E-state index contributed by atoms with van der Waals surface area (Å²) in [7, 11) is 1.17. The van der Waals surface area contributed by atoms with Crippen LogP contribution in [0, 0.1) is 5.82 Å². The van der Waals surface area contributed by atoms with Crippen LogP contribution in [0.1, 0.15) is 10.4 Å². The maximum Gasteiger partial charge on any atom is 0.344 e. The SMILES string of the molecule is COC(=O)/C=C/OC(=O)c1cc(F)c(Cl)cc1Cl. The van der Waals surface area contributed by atoms with Crippen LogP contribution in [-0.4, -0.2) is 19.0 Å². The van der Waals surface area contributed by atoms with Gasteiger partial charge in [0.2, 0.25) is 0 Å². The van der Waals surface area contributed by atoms with Crippen LogP contribution in [0.4, 0.5) is 4.39 Å². The number of esters is 2. The third-order valence-electron chi connectivity index (χ3n) is 1.81. The second kappa shape index (κ2) is 6.37. The maximum atomic E-state index is 13.1. The molecule has 0 saturated carbocycles. The maximum absolute atomic E-state index is 13.1. The zero-order valence-electron chi connectivity index (χ0n) is 9.08. The van der Waals surface area contributed by atoms with Gasteiger partial charge in [0.05, 0.1) is 28.8 Å². The summed E-state index contributed by atoms with van der Waals surface area (Å²) in [5.74, 6) is -2.42. The summed E-state index contributed by atoms with van der Waals surface area (Å²) in [4.78, 5) is 22.2. The molecule has 18 heavy (non-hydrogen) atoms. The van der Waals surface area contributed by atoms with E-state index in [1.54, 1.807) is 0 Å². The number of carbonyl (C=O) groups excluding carboxylic acids is 2. The molecule has 0 fully saturated rings. The minimum Gasteiger partial charge on any atom is -0.466 e. The Morgan fingerprint density at radius 2 is 1.94 bits per heavy atom. The van der Waals surface area contributed by atoms with Crippen molar-refractivity contribution in [2.24, 2.45) is 0 Å². The van der Waals surface area contributed by atoms with Crippen LogP contribution in [0.15, 0.2) is 24.5 Å². The fourth-order valence-electron chi connectivity index (χ4n) is 0.962. The summed E-state index contributed by atoms with van der Waals surface area (Å²) in [6.45, 7) is 0. The molecule has 0 saturated heterocycles. The second-order valence-electron chi connectivity index (χ2n) is 2.98. The van der Waals surface area contributed by atoms with Gasteiger partial charge >= 0.3 is 11.9 Å². The molecule has 0 aliphatic heterocycles. The number of halogens is 3. The van der Waals surface area contributed by atoms with Crippen molar-refractivity contribution in [3.8, 4) is 0 Å². The molecule has 0 heterocycles. The molecule has 0 radical (unpaired) electrons. The zero-order valence-corrected chi connectivity index (χ0v) is 10.6. The molecule has 0 aliphatic rings. The quantitative estimate of drug-likeness (QED) is 0.372. The van der Waals surface area contributed by atoms with Gasteiger partial charge in [-0.05, 0) is 12.1 Å². The summed E-state index contributed by atoms with van der Waals surface area (Å²) < 4.78 is 22.0. The van der Waals surface area contributed by atoms with Gasteiger partial charge in [0.15, 0.2) is 0 Å². The van der Waals surface area contributed by atoms with E-state index in [0.717, 1.165) is 24.5 Å². The van der Waals surface area contributed by atoms with Crippen molar-refractivity contribution in [2.45, 2.75) is 0 Å². The number of benzene rings is 1. The van der Waals surface area contributed by atoms with E-state index in [1.165, 1.54) is 7.11 Å². The minimum atomic E-state index is -0.921. The van der Waals surface area contributed by atoms with Gasteiger partial charge in [0.25, 0.3) is 0 Å². The Morgan fingerprint density at radius 3 is 2.56 bits per heavy atom. The number of ether oxygens (including phenoxy) is 2. The van der Waals surface area contributed by atoms with Crippen molar-refractivity contribution in [3.05, 3.63) is 45.9 Å². The van der Waals surface area contributed by atoms with Gasteiger partial charge in [-0.3, -0.25) is 0 Å². The van der Waals surface area contributed by atoms with E-state index in [1.807, 2.05) is 0 Å². The Morgan fingerprint density at radius 1 is 1.28 bits per heavy atom. The lowest BCUT2D eigenvalue weighted by atomic mass is 10.2. The second-order valence-corrected chi connectivity index (χ2v) is 3.79. The van der Waals surface area contributed by atoms with Gasteiger partial charge in [-0.2, -0.15) is 0 Å². The summed E-state index contributed by atoms with van der Waals surface area (Å²) in [5.41, 5.74) is -0.201. The first-order valence-electron chi connectivity index (χ1n) is 4.55. The molecule has 1 rings (SSSR count). The third-order valence-corrected chi connectivity index (χ3v) is 2.41. The van der Waals surface area contributed by atoms with Gasteiger partial charge in [0.1, 0.15) is 12.1 Å². The van der Waals surface area contributed by atoms with E-state index in [4.69, 9.17) is 23.2 Å². The molecule has 1 aromatic carbocycles. The number of methoxy groups -OCH3 is 1. The fourth-order valence-corrected chi connectivity index (χ4v) is 1.42. The van der Waals surface area contributed by atoms with Crippen molar-refractivity contribution in [1.82, 2.24) is 0 Å². The molecule has 0 amide bonds. The molecule has 0 N–H and O–H groups in total. The Labute approximate surface area is 112 Å². The zero-order chi connectivity index (χ0) is 13.7. The van der Waals surface area contributed by atoms with Crippen molar-refractivity contribution >= 4 is 35.1 Å². The molecule has 0 spiro atoms. The molecule has 96 valence electrons. The summed E-state index contributed by atoms with van der Waals surface area (Å²) in [5, 5.41) is -0.264. The molecule has 7 heteroatoms. The van der Waals surface area contributed by atoms with Crippen molar-refractivity contribution in [3.63, 3.8) is 0 Å². The minimum absolute atomic E-state index is 0.0575. The number of hydrogen-bond acceptors (Lipinski definition) is 4. The lowest BCUT2D eigenvalue weighted by Crippen LogP contribution is -2.03. The van der Waals surface area contributed by atoms with Crippen molar-refractivity contribution in [1.29, 1.82) is 0 Å². The lowest BCUT2D eigenvalue weighted by Gasteiger charge is -2.03. The highest BCUT2D eigenvalue weighted by atomic mass is 35.5. The first kappa shape index (κ1) is 14.5. The highest BCUT2D eigenvalue weighted by Gasteiger charge is 2.14. The topological polar surface area (TPSA) is 52.6 Å². The van der Waals surface area contributed by atoms with Crippen LogP contribution >= 0.6 is 23.2 Å². The van der Waals surface area contributed by atoms with E-state index < -0.39 is 17.8 Å². The fraction of sp³-hybridized carbons (Fsp3) is 0.0909. The Hall–Kier alpha value is -1.59. The van der Waals surface area contributed by atoms with Crippen LogP contribution in [-0.2, 0) is 14.3 Å². The lowest BCUT2D eigenvalue weighted by molar-refractivity contribution is -0.134. The van der Waals surface area contributed by atoms with Gasteiger partial charge in [-0.1, -0.05) is 23.2 Å². The van der Waals surface area contributed by atoms with Crippen LogP contribution in [0.25, 0.3) is 0 Å². The smallest absolute Gasteiger partial charge is 0.344 e. The van der Waals surface area contributed by atoms with Gasteiger partial charge in [-0.25, -0.2) is 14.0 Å².